The summed E-state index contributed by atoms with van der Waals surface area (Å²) in [4.78, 5) is 28.1. The Morgan fingerprint density at radius 1 is 0.946 bits per heavy atom. The molecule has 3 aromatic rings. The second-order valence-electron chi connectivity index (χ2n) is 8.97. The van der Waals surface area contributed by atoms with Crippen molar-refractivity contribution in [1.29, 1.82) is 0 Å². The van der Waals surface area contributed by atoms with Crippen LogP contribution in [0.25, 0.3) is 5.76 Å². The molecule has 1 N–H and O–H groups in total. The molecule has 1 aliphatic rings. The summed E-state index contributed by atoms with van der Waals surface area (Å²) in [7, 11) is 1.57. The van der Waals surface area contributed by atoms with Crippen molar-refractivity contribution in [3.05, 3.63) is 95.1 Å². The molecule has 0 saturated carbocycles. The third-order valence-electron chi connectivity index (χ3n) is 6.03. The van der Waals surface area contributed by atoms with Crippen LogP contribution in [-0.4, -0.2) is 41.5 Å². The first-order valence-electron chi connectivity index (χ1n) is 12.2. The Labute approximate surface area is 216 Å². The lowest BCUT2D eigenvalue weighted by Gasteiger charge is -2.26. The molecule has 7 heteroatoms. The van der Waals surface area contributed by atoms with Crippen LogP contribution in [0.1, 0.15) is 43.5 Å². The fourth-order valence-electron chi connectivity index (χ4n) is 4.39. The second kappa shape index (κ2) is 11.2. The number of ketones is 1. The summed E-state index contributed by atoms with van der Waals surface area (Å²) >= 11 is 0. The summed E-state index contributed by atoms with van der Waals surface area (Å²) in [6.45, 7) is 6.44. The number of ether oxygens (including phenoxy) is 3. The molecule has 1 aliphatic heterocycles. The molecule has 37 heavy (non-hydrogen) atoms. The Morgan fingerprint density at radius 3 is 2.24 bits per heavy atom. The van der Waals surface area contributed by atoms with E-state index in [1.807, 2.05) is 57.2 Å². The quantitative estimate of drug-likeness (QED) is 0.237. The van der Waals surface area contributed by atoms with Gasteiger partial charge in [0.05, 0.1) is 31.4 Å². The van der Waals surface area contributed by atoms with Crippen LogP contribution < -0.4 is 14.2 Å². The Hall–Kier alpha value is -4.26. The van der Waals surface area contributed by atoms with Crippen LogP contribution in [0, 0.1) is 0 Å². The number of amides is 1. The summed E-state index contributed by atoms with van der Waals surface area (Å²) < 4.78 is 16.6. The molecule has 4 rings (SSSR count). The minimum Gasteiger partial charge on any atom is -0.507 e. The average Bonchev–Trinajstić information content (AvgIpc) is 3.14. The van der Waals surface area contributed by atoms with Crippen LogP contribution in [0.15, 0.2) is 78.4 Å². The fourth-order valence-corrected chi connectivity index (χ4v) is 4.39. The average molecular weight is 502 g/mol. The molecule has 1 amide bonds. The van der Waals surface area contributed by atoms with Crippen LogP contribution >= 0.6 is 0 Å². The van der Waals surface area contributed by atoms with Gasteiger partial charge in [0.1, 0.15) is 23.0 Å². The van der Waals surface area contributed by atoms with Gasteiger partial charge in [-0.05, 0) is 80.4 Å². The number of likely N-dealkylation sites (tertiary alicyclic amines) is 1. The number of methoxy groups -OCH3 is 1. The number of carbonyl (C=O) groups is 2. The molecule has 3 aromatic carbocycles. The number of benzene rings is 3. The van der Waals surface area contributed by atoms with E-state index in [2.05, 4.69) is 0 Å². The lowest BCUT2D eigenvalue weighted by atomic mass is 9.95. The predicted molar refractivity (Wildman–Crippen MR) is 141 cm³/mol. The van der Waals surface area contributed by atoms with Gasteiger partial charge < -0.3 is 24.2 Å². The maximum Gasteiger partial charge on any atom is 0.295 e. The maximum atomic E-state index is 13.3. The van der Waals surface area contributed by atoms with E-state index >= 15 is 0 Å². The van der Waals surface area contributed by atoms with E-state index in [4.69, 9.17) is 14.2 Å². The van der Waals surface area contributed by atoms with Crippen molar-refractivity contribution in [2.24, 2.45) is 0 Å². The topological polar surface area (TPSA) is 85.3 Å². The first-order valence-corrected chi connectivity index (χ1v) is 12.2. The highest BCUT2D eigenvalue weighted by Crippen LogP contribution is 2.41. The number of aliphatic hydroxyl groups excluding tert-OH is 1. The lowest BCUT2D eigenvalue weighted by molar-refractivity contribution is -0.140. The number of hydrogen-bond acceptors (Lipinski definition) is 6. The highest BCUT2D eigenvalue weighted by Gasteiger charge is 2.46. The zero-order chi connectivity index (χ0) is 26.5. The summed E-state index contributed by atoms with van der Waals surface area (Å²) in [5.74, 6) is 0.326. The summed E-state index contributed by atoms with van der Waals surface area (Å²) in [6, 6.07) is 20.6. The number of aliphatic hydroxyl groups is 1. The van der Waals surface area contributed by atoms with Gasteiger partial charge in [-0.2, -0.15) is 0 Å². The molecule has 1 heterocycles. The van der Waals surface area contributed by atoms with Gasteiger partial charge in [-0.25, -0.2) is 0 Å². The van der Waals surface area contributed by atoms with Gasteiger partial charge in [-0.15, -0.1) is 0 Å². The van der Waals surface area contributed by atoms with Gasteiger partial charge >= 0.3 is 0 Å². The van der Waals surface area contributed by atoms with Crippen molar-refractivity contribution < 1.29 is 28.9 Å². The van der Waals surface area contributed by atoms with Gasteiger partial charge in [-0.1, -0.05) is 24.3 Å². The van der Waals surface area contributed by atoms with Crippen LogP contribution in [-0.2, 0) is 16.1 Å². The number of Topliss-reactive ketones (excluding diaryl/α,β-unsaturated/α-hetero) is 1. The number of hydrogen-bond donors (Lipinski definition) is 1. The Balaban J connectivity index is 1.79. The number of nitrogens with zero attached hydrogens (tertiary/aromatic N) is 1. The molecule has 0 aromatic heterocycles. The summed E-state index contributed by atoms with van der Waals surface area (Å²) in [5, 5.41) is 11.3. The molecule has 1 fully saturated rings. The minimum atomic E-state index is -0.786. The van der Waals surface area contributed by atoms with E-state index in [9.17, 15) is 14.7 Å². The van der Waals surface area contributed by atoms with Crippen LogP contribution in [0.3, 0.4) is 0 Å². The molecule has 0 bridgehead atoms. The molecular weight excluding hydrogens is 470 g/mol. The van der Waals surface area contributed by atoms with Gasteiger partial charge in [0.25, 0.3) is 11.7 Å². The van der Waals surface area contributed by atoms with E-state index in [-0.39, 0.29) is 24.0 Å². The van der Waals surface area contributed by atoms with Crippen molar-refractivity contribution in [3.63, 3.8) is 0 Å². The van der Waals surface area contributed by atoms with Crippen LogP contribution in [0.2, 0.25) is 0 Å². The number of rotatable bonds is 9. The number of carbonyl (C=O) groups excluding carboxylic acids is 2. The molecule has 0 radical (unpaired) electrons. The summed E-state index contributed by atoms with van der Waals surface area (Å²) in [5.41, 5.74) is 1.94. The van der Waals surface area contributed by atoms with E-state index < -0.39 is 17.7 Å². The minimum absolute atomic E-state index is 0.00389. The zero-order valence-electron chi connectivity index (χ0n) is 21.4. The lowest BCUT2D eigenvalue weighted by Crippen LogP contribution is -2.29. The standard InChI is InChI=1S/C30H31NO6/c1-5-36-23-13-11-22(12-14-23)28(32)26-27(21-9-15-24(16-10-21)37-19(2)3)31(30(34)29(26)33)18-20-7-6-8-25(17-20)35-4/h6-17,19,27,32H,5,18H2,1-4H3/b28-26-. The molecule has 7 nitrogen and oxygen atoms in total. The summed E-state index contributed by atoms with van der Waals surface area (Å²) in [6.07, 6.45) is 0.00389. The van der Waals surface area contributed by atoms with Gasteiger partial charge in [0, 0.05) is 12.1 Å². The van der Waals surface area contributed by atoms with Crippen molar-refractivity contribution >= 4 is 17.4 Å². The second-order valence-corrected chi connectivity index (χ2v) is 8.97. The van der Waals surface area contributed by atoms with Gasteiger partial charge in [0.2, 0.25) is 0 Å². The molecule has 1 saturated heterocycles. The van der Waals surface area contributed by atoms with E-state index in [0.717, 1.165) is 5.56 Å². The highest BCUT2D eigenvalue weighted by atomic mass is 16.5. The predicted octanol–water partition coefficient (Wildman–Crippen LogP) is 5.50. The molecular formula is C30H31NO6. The van der Waals surface area contributed by atoms with Crippen molar-refractivity contribution in [2.75, 3.05) is 13.7 Å². The van der Waals surface area contributed by atoms with E-state index in [1.165, 1.54) is 4.90 Å². The van der Waals surface area contributed by atoms with Gasteiger partial charge in [-0.3, -0.25) is 9.59 Å². The van der Waals surface area contributed by atoms with E-state index in [1.54, 1.807) is 43.5 Å². The monoisotopic (exact) mass is 501 g/mol. The molecule has 0 aliphatic carbocycles. The van der Waals surface area contributed by atoms with Crippen LogP contribution in [0.4, 0.5) is 0 Å². The molecule has 0 spiro atoms. The molecule has 1 unspecified atom stereocenters. The molecule has 1 atom stereocenters. The maximum absolute atomic E-state index is 13.3. The SMILES string of the molecule is CCOc1ccc(/C(O)=C2/C(=O)C(=O)N(Cc3cccc(OC)c3)C2c2ccc(OC(C)C)cc2)cc1. The Kier molecular flexibility index (Phi) is 7.82. The fraction of sp³-hybridized carbons (Fsp3) is 0.267. The normalized spacial score (nSPS) is 16.8. The zero-order valence-corrected chi connectivity index (χ0v) is 21.4. The first-order chi connectivity index (χ1) is 17.8. The first kappa shape index (κ1) is 25.8. The van der Waals surface area contributed by atoms with Gasteiger partial charge in [0.15, 0.2) is 0 Å². The van der Waals surface area contributed by atoms with Crippen LogP contribution in [0.5, 0.6) is 17.2 Å². The Bertz CT molecular complexity index is 1290. The molecule has 192 valence electrons. The Morgan fingerprint density at radius 2 is 1.62 bits per heavy atom. The smallest absolute Gasteiger partial charge is 0.295 e. The van der Waals surface area contributed by atoms with Crippen molar-refractivity contribution in [1.82, 2.24) is 4.90 Å². The van der Waals surface area contributed by atoms with E-state index in [0.29, 0.717) is 35.0 Å². The van der Waals surface area contributed by atoms with Crippen molar-refractivity contribution in [3.8, 4) is 17.2 Å². The third-order valence-corrected chi connectivity index (χ3v) is 6.03. The van der Waals surface area contributed by atoms with Crippen molar-refractivity contribution in [2.45, 2.75) is 39.5 Å². The largest absolute Gasteiger partial charge is 0.507 e. The highest BCUT2D eigenvalue weighted by molar-refractivity contribution is 6.46. The third kappa shape index (κ3) is 5.61.